The Morgan fingerprint density at radius 2 is 0.475 bits per heavy atom. The van der Waals surface area contributed by atoms with Gasteiger partial charge in [0.1, 0.15) is 68.5 Å². The monoisotopic (exact) mass is 1440 g/mol. The van der Waals surface area contributed by atoms with Crippen LogP contribution in [0.15, 0.2) is 0 Å². The first kappa shape index (κ1) is 92.5. The maximum Gasteiger partial charge on any atom is 0.323 e. The fourth-order valence-corrected chi connectivity index (χ4v) is 10.3. The Hall–Kier alpha value is -6.52. The van der Waals surface area contributed by atoms with E-state index in [-0.39, 0.29) is 90.8 Å². The van der Waals surface area contributed by atoms with E-state index in [1.54, 1.807) is 197 Å². The zero-order chi connectivity index (χ0) is 78.3. The van der Waals surface area contributed by atoms with Crippen LogP contribution in [-0.4, -0.2) is 261 Å². The lowest BCUT2D eigenvalue weighted by Crippen LogP contribution is -2.51. The summed E-state index contributed by atoms with van der Waals surface area (Å²) >= 11 is 0. The van der Waals surface area contributed by atoms with Gasteiger partial charge in [0.05, 0.1) is 39.3 Å². The van der Waals surface area contributed by atoms with Crippen molar-refractivity contribution in [2.45, 2.75) is 307 Å². The number of hydrogen-bond acceptors (Lipinski definition) is 25. The van der Waals surface area contributed by atoms with E-state index in [2.05, 4.69) is 5.32 Å². The smallest absolute Gasteiger partial charge is 0.323 e. The number of nitrogens with zero attached hydrogens (tertiary/aromatic N) is 6. The van der Waals surface area contributed by atoms with E-state index in [0.717, 1.165) is 0 Å². The maximum absolute atomic E-state index is 15.2. The summed E-state index contributed by atoms with van der Waals surface area (Å²) in [5, 5.41) is 3.36. The molecular formula is C73H129N7O21. The van der Waals surface area contributed by atoms with Gasteiger partial charge in [0, 0.05) is 65.1 Å². The zero-order valence-corrected chi connectivity index (χ0v) is 66.5. The lowest BCUT2D eigenvalue weighted by molar-refractivity contribution is -0.171. The van der Waals surface area contributed by atoms with E-state index < -0.39 is 179 Å². The van der Waals surface area contributed by atoms with Crippen molar-refractivity contribution in [3.63, 3.8) is 0 Å². The minimum Gasteiger partial charge on any atom is -0.459 e. The Labute approximate surface area is 602 Å². The van der Waals surface area contributed by atoms with Crippen LogP contribution in [0.2, 0.25) is 0 Å². The molecule has 0 aliphatic carbocycles. The van der Waals surface area contributed by atoms with Gasteiger partial charge in [-0.25, -0.2) is 0 Å². The van der Waals surface area contributed by atoms with Gasteiger partial charge in [-0.3, -0.25) is 72.2 Å². The molecular weight excluding hydrogens is 1310 g/mol. The van der Waals surface area contributed by atoms with Crippen LogP contribution in [0.4, 0.5) is 0 Å². The van der Waals surface area contributed by atoms with Crippen molar-refractivity contribution in [2.24, 2.45) is 0 Å². The van der Waals surface area contributed by atoms with E-state index >= 15 is 4.79 Å². The second-order valence-corrected chi connectivity index (χ2v) is 34.6. The summed E-state index contributed by atoms with van der Waals surface area (Å²) < 4.78 is 51.4. The molecule has 28 heteroatoms. The van der Waals surface area contributed by atoms with E-state index in [9.17, 15) is 52.7 Å². The highest BCUT2D eigenvalue weighted by Gasteiger charge is 2.40. The van der Waals surface area contributed by atoms with Crippen molar-refractivity contribution in [3.05, 3.63) is 0 Å². The first-order valence-corrected chi connectivity index (χ1v) is 35.3. The molecule has 3 unspecified atom stereocenters. The van der Waals surface area contributed by atoms with Gasteiger partial charge in [-0.15, -0.1) is 0 Å². The van der Waals surface area contributed by atoms with Crippen LogP contribution in [0.1, 0.15) is 238 Å². The van der Waals surface area contributed by atoms with Gasteiger partial charge >= 0.3 is 53.7 Å². The zero-order valence-electron chi connectivity index (χ0n) is 66.5. The summed E-state index contributed by atoms with van der Waals surface area (Å²) in [5.41, 5.74) is -8.77. The van der Waals surface area contributed by atoms with Gasteiger partial charge in [-0.2, -0.15) is 0 Å². The van der Waals surface area contributed by atoms with Crippen molar-refractivity contribution in [3.8, 4) is 0 Å². The lowest BCUT2D eigenvalue weighted by atomic mass is 10.1. The molecule has 28 nitrogen and oxygen atoms in total. The van der Waals surface area contributed by atoms with Crippen LogP contribution in [0.3, 0.4) is 0 Å². The lowest BCUT2D eigenvalue weighted by Gasteiger charge is -2.34. The minimum absolute atomic E-state index is 0.0280. The summed E-state index contributed by atoms with van der Waals surface area (Å²) in [6.45, 7) is 42.3. The van der Waals surface area contributed by atoms with Gasteiger partial charge in [-0.05, 0) is 226 Å². The molecule has 0 saturated carbocycles. The van der Waals surface area contributed by atoms with E-state index in [4.69, 9.17) is 42.6 Å². The SMILES string of the molecule is CC(C)(C)OC(=O)CN(CC(=O)OC(C)(C)C)C(CCC(=O)N1CCCN(C(=O)CCC(C(=O)OC(C)(C)C)N(CC(=O)OC(C)(C)C)CC(=O)OC(C)(C)C)CCN(C(=O)CCC(C(=O)OC(C)(C)C)N(CC(=O)OC(C)(C)C)CC(=O)OC(C)(C)C)CCCNCC1)C(=O)OC(C)(C)C. The molecule has 0 spiro atoms. The Bertz CT molecular complexity index is 2670. The number of nitrogens with one attached hydrogen (secondary N) is 1. The molecule has 1 aliphatic heterocycles. The molecule has 1 heterocycles. The average Bonchev–Trinajstić information content (AvgIpc) is 0.851. The largest absolute Gasteiger partial charge is 0.459 e. The molecule has 101 heavy (non-hydrogen) atoms. The van der Waals surface area contributed by atoms with Gasteiger partial charge in [0.15, 0.2) is 0 Å². The Morgan fingerprint density at radius 3 is 0.683 bits per heavy atom. The van der Waals surface area contributed by atoms with Crippen LogP contribution >= 0.6 is 0 Å². The van der Waals surface area contributed by atoms with Crippen LogP contribution < -0.4 is 5.32 Å². The van der Waals surface area contributed by atoms with E-state index in [1.807, 2.05) is 0 Å². The highest BCUT2D eigenvalue weighted by Crippen LogP contribution is 2.24. The van der Waals surface area contributed by atoms with Gasteiger partial charge in [0.25, 0.3) is 0 Å². The fraction of sp³-hybridized carbons (Fsp3) is 0.836. The van der Waals surface area contributed by atoms with Gasteiger partial charge in [-0.1, -0.05) is 0 Å². The summed E-state index contributed by atoms with van der Waals surface area (Å²) in [6.07, 6.45) is -1.20. The minimum atomic E-state index is -1.39. The number of carbonyl (C=O) groups excluding carboxylic acids is 12. The van der Waals surface area contributed by atoms with Gasteiger partial charge in [0.2, 0.25) is 17.7 Å². The van der Waals surface area contributed by atoms with Crippen LogP contribution in [0, 0.1) is 0 Å². The van der Waals surface area contributed by atoms with Gasteiger partial charge < -0.3 is 62.6 Å². The third-order valence-electron chi connectivity index (χ3n) is 13.7. The van der Waals surface area contributed by atoms with Crippen molar-refractivity contribution in [2.75, 3.05) is 91.6 Å². The molecule has 0 aromatic carbocycles. The highest BCUT2D eigenvalue weighted by atomic mass is 16.6. The molecule has 3 atom stereocenters. The molecule has 0 aromatic rings. The fourth-order valence-electron chi connectivity index (χ4n) is 10.3. The molecule has 0 bridgehead atoms. The van der Waals surface area contributed by atoms with Crippen molar-refractivity contribution in [1.82, 2.24) is 34.7 Å². The molecule has 1 N–H and O–H groups in total. The quantitative estimate of drug-likeness (QED) is 0.0623. The standard InChI is InChI=1S/C73H129N7O21/c1-65(2,3)93-56(84)44-78(45-57(85)94-66(4,5)6)50(62(90)99-71(19,20)21)30-33-53(81)75-39-29-40-77(55(83)35-32-52(64(92)101-73(25,26)27)80(48-60(88)97-69(13,14)15)49-61(89)98-70(16,17)18)43-42-76(38-28-36-74-37-41-75)54(82)34-31-51(63(91)100-72(22,23)24)79(46-58(86)95-67(7,8)9)47-59(87)96-68(10,11)12/h50-52,74H,28-49H2,1-27H3. The van der Waals surface area contributed by atoms with Crippen LogP contribution in [0.25, 0.3) is 0 Å². The second-order valence-electron chi connectivity index (χ2n) is 34.6. The van der Waals surface area contributed by atoms with Crippen LogP contribution in [0.5, 0.6) is 0 Å². The molecule has 0 radical (unpaired) electrons. The normalized spacial score (nSPS) is 15.7. The molecule has 0 aromatic heterocycles. The first-order valence-electron chi connectivity index (χ1n) is 35.3. The Morgan fingerprint density at radius 1 is 0.277 bits per heavy atom. The molecule has 1 saturated heterocycles. The van der Waals surface area contributed by atoms with Crippen LogP contribution in [-0.2, 0) is 100 Å². The summed E-state index contributed by atoms with van der Waals surface area (Å²) in [6, 6.07) is -4.06. The molecule has 582 valence electrons. The summed E-state index contributed by atoms with van der Waals surface area (Å²) in [7, 11) is 0. The molecule has 1 rings (SSSR count). The van der Waals surface area contributed by atoms with E-state index in [0.29, 0.717) is 13.0 Å². The summed E-state index contributed by atoms with van der Waals surface area (Å²) in [5.74, 6) is -8.36. The average molecular weight is 1440 g/mol. The number of carbonyl (C=O) groups is 12. The number of ether oxygens (including phenoxy) is 9. The predicted molar refractivity (Wildman–Crippen MR) is 378 cm³/mol. The number of esters is 9. The van der Waals surface area contributed by atoms with Crippen molar-refractivity contribution >= 4 is 71.4 Å². The summed E-state index contributed by atoms with van der Waals surface area (Å²) in [4.78, 5) is 178. The molecule has 3 amide bonds. The van der Waals surface area contributed by atoms with Crippen molar-refractivity contribution in [1.29, 1.82) is 0 Å². The Kier molecular flexibility index (Phi) is 36.1. The maximum atomic E-state index is 15.2. The number of amides is 3. The van der Waals surface area contributed by atoms with E-state index in [1.165, 1.54) is 19.6 Å². The topological polar surface area (TPSA) is 319 Å². The number of rotatable bonds is 27. The highest BCUT2D eigenvalue weighted by molar-refractivity contribution is 5.85. The third-order valence-corrected chi connectivity index (χ3v) is 13.7. The third kappa shape index (κ3) is 43.9. The number of hydrogen-bond donors (Lipinski definition) is 1. The predicted octanol–water partition coefficient (Wildman–Crippen LogP) is 7.28. The molecule has 1 aliphatic rings. The molecule has 1 fully saturated rings. The first-order chi connectivity index (χ1) is 45.6. The Balaban J connectivity index is 4.15. The van der Waals surface area contributed by atoms with Crippen molar-refractivity contribution < 1.29 is 100 Å². The second kappa shape index (κ2) is 39.4.